The third-order valence-electron chi connectivity index (χ3n) is 2.84. The van der Waals surface area contributed by atoms with E-state index in [9.17, 15) is 0 Å². The molecule has 94 valence electrons. The van der Waals surface area contributed by atoms with Crippen molar-refractivity contribution in [2.24, 2.45) is 5.92 Å². The van der Waals surface area contributed by atoms with E-state index in [1.165, 1.54) is 12.6 Å². The summed E-state index contributed by atoms with van der Waals surface area (Å²) in [5.41, 5.74) is 0. The summed E-state index contributed by atoms with van der Waals surface area (Å²) in [5, 5.41) is 0.741. The van der Waals surface area contributed by atoms with E-state index < -0.39 is 0 Å². The Morgan fingerprint density at radius 3 is 3.06 bits per heavy atom. The van der Waals surface area contributed by atoms with Crippen LogP contribution >= 0.6 is 23.2 Å². The second kappa shape index (κ2) is 5.85. The van der Waals surface area contributed by atoms with Crippen molar-refractivity contribution >= 4 is 29.0 Å². The zero-order valence-electron chi connectivity index (χ0n) is 9.70. The molecule has 6 heteroatoms. The lowest BCUT2D eigenvalue weighted by molar-refractivity contribution is 0.0576. The number of ether oxygens (including phenoxy) is 1. The quantitative estimate of drug-likeness (QED) is 0.795. The van der Waals surface area contributed by atoms with Crippen LogP contribution in [0.25, 0.3) is 0 Å². The average Bonchev–Trinajstić information content (AvgIpc) is 2.33. The Morgan fingerprint density at radius 2 is 2.35 bits per heavy atom. The number of rotatable bonds is 3. The predicted molar refractivity (Wildman–Crippen MR) is 68.9 cm³/mol. The third kappa shape index (κ3) is 3.44. The van der Waals surface area contributed by atoms with Crippen molar-refractivity contribution < 1.29 is 4.74 Å². The highest BCUT2D eigenvalue weighted by molar-refractivity contribution is 6.33. The molecule has 2 heterocycles. The van der Waals surface area contributed by atoms with Gasteiger partial charge in [-0.05, 0) is 30.4 Å². The molecule has 0 spiro atoms. The number of hydrogen-bond donors (Lipinski definition) is 0. The van der Waals surface area contributed by atoms with Crippen LogP contribution in [0.1, 0.15) is 12.8 Å². The van der Waals surface area contributed by atoms with Gasteiger partial charge in [0.25, 0.3) is 0 Å². The fourth-order valence-corrected chi connectivity index (χ4v) is 2.39. The maximum Gasteiger partial charge on any atom is 0.224 e. The lowest BCUT2D eigenvalue weighted by Gasteiger charge is -2.28. The second-order valence-corrected chi connectivity index (χ2v) is 5.02. The molecule has 0 aromatic carbocycles. The maximum atomic E-state index is 6.05. The molecule has 0 aliphatic carbocycles. The molecule has 0 amide bonds. The van der Waals surface area contributed by atoms with Gasteiger partial charge >= 0.3 is 0 Å². The van der Waals surface area contributed by atoms with Gasteiger partial charge in [0, 0.05) is 20.2 Å². The topological polar surface area (TPSA) is 38.2 Å². The Morgan fingerprint density at radius 1 is 1.53 bits per heavy atom. The Hall–Kier alpha value is -0.580. The summed E-state index contributed by atoms with van der Waals surface area (Å²) < 4.78 is 5.45. The van der Waals surface area contributed by atoms with Crippen LogP contribution in [0.4, 0.5) is 5.82 Å². The van der Waals surface area contributed by atoms with E-state index >= 15 is 0 Å². The van der Waals surface area contributed by atoms with Gasteiger partial charge in [-0.1, -0.05) is 11.6 Å². The van der Waals surface area contributed by atoms with Crippen LogP contribution < -0.4 is 4.90 Å². The van der Waals surface area contributed by atoms with Gasteiger partial charge in [-0.3, -0.25) is 0 Å². The van der Waals surface area contributed by atoms with Crippen molar-refractivity contribution in [1.29, 1.82) is 0 Å². The SMILES string of the molecule is CN(CC1CCCOC1)c1nc(Cl)ncc1Cl. The Balaban J connectivity index is 2.02. The number of nitrogens with zero attached hydrogens (tertiary/aromatic N) is 3. The normalized spacial score (nSPS) is 20.3. The molecule has 1 aromatic heterocycles. The Kier molecular flexibility index (Phi) is 4.42. The first kappa shape index (κ1) is 12.9. The zero-order valence-corrected chi connectivity index (χ0v) is 11.2. The zero-order chi connectivity index (χ0) is 12.3. The van der Waals surface area contributed by atoms with E-state index in [1.54, 1.807) is 0 Å². The largest absolute Gasteiger partial charge is 0.381 e. The highest BCUT2D eigenvalue weighted by Crippen LogP contribution is 2.24. The first-order valence-corrected chi connectivity index (χ1v) is 6.39. The minimum atomic E-state index is 0.219. The van der Waals surface area contributed by atoms with Crippen LogP contribution in [-0.2, 0) is 4.74 Å². The van der Waals surface area contributed by atoms with Crippen molar-refractivity contribution in [3.8, 4) is 0 Å². The minimum absolute atomic E-state index is 0.219. The van der Waals surface area contributed by atoms with Crippen molar-refractivity contribution in [3.05, 3.63) is 16.5 Å². The molecule has 0 N–H and O–H groups in total. The van der Waals surface area contributed by atoms with Gasteiger partial charge in [-0.15, -0.1) is 0 Å². The van der Waals surface area contributed by atoms with Gasteiger partial charge in [0.15, 0.2) is 5.82 Å². The van der Waals surface area contributed by atoms with Crippen molar-refractivity contribution in [2.75, 3.05) is 31.7 Å². The van der Waals surface area contributed by atoms with Gasteiger partial charge in [0.05, 0.1) is 12.8 Å². The summed E-state index contributed by atoms with van der Waals surface area (Å²) in [6, 6.07) is 0. The minimum Gasteiger partial charge on any atom is -0.381 e. The van der Waals surface area contributed by atoms with Gasteiger partial charge in [0.2, 0.25) is 5.28 Å². The maximum absolute atomic E-state index is 6.05. The third-order valence-corrected chi connectivity index (χ3v) is 3.29. The van der Waals surface area contributed by atoms with Crippen molar-refractivity contribution in [1.82, 2.24) is 9.97 Å². The smallest absolute Gasteiger partial charge is 0.224 e. The molecule has 1 aromatic rings. The lowest BCUT2D eigenvalue weighted by atomic mass is 10.0. The molecule has 4 nitrogen and oxygen atoms in total. The molecular weight excluding hydrogens is 261 g/mol. The fourth-order valence-electron chi connectivity index (χ4n) is 2.03. The van der Waals surface area contributed by atoms with Gasteiger partial charge in [-0.25, -0.2) is 4.98 Å². The monoisotopic (exact) mass is 275 g/mol. The van der Waals surface area contributed by atoms with Crippen molar-refractivity contribution in [2.45, 2.75) is 12.8 Å². The van der Waals surface area contributed by atoms with E-state index in [4.69, 9.17) is 27.9 Å². The Bertz CT molecular complexity index is 383. The number of hydrogen-bond acceptors (Lipinski definition) is 4. The number of halogens is 2. The number of anilines is 1. The summed E-state index contributed by atoms with van der Waals surface area (Å²) in [4.78, 5) is 9.99. The van der Waals surface area contributed by atoms with Crippen LogP contribution in [0, 0.1) is 5.92 Å². The molecule has 2 rings (SSSR count). The van der Waals surface area contributed by atoms with Gasteiger partial charge < -0.3 is 9.64 Å². The van der Waals surface area contributed by atoms with E-state index in [-0.39, 0.29) is 5.28 Å². The molecule has 1 atom stereocenters. The summed E-state index contributed by atoms with van der Waals surface area (Å²) in [5.74, 6) is 1.20. The molecular formula is C11H15Cl2N3O. The van der Waals surface area contributed by atoms with Crippen molar-refractivity contribution in [3.63, 3.8) is 0 Å². The highest BCUT2D eigenvalue weighted by atomic mass is 35.5. The van der Waals surface area contributed by atoms with Crippen LogP contribution in [0.15, 0.2) is 6.20 Å². The van der Waals surface area contributed by atoms with Crippen LogP contribution in [-0.4, -0.2) is 36.8 Å². The molecule has 0 bridgehead atoms. The van der Waals surface area contributed by atoms with E-state index in [0.29, 0.717) is 16.8 Å². The van der Waals surface area contributed by atoms with E-state index in [1.807, 2.05) is 11.9 Å². The second-order valence-electron chi connectivity index (χ2n) is 4.27. The Labute approximate surface area is 111 Å². The standard InChI is InChI=1S/C11H15Cl2N3O/c1-16(6-8-3-2-4-17-7-8)10-9(12)5-14-11(13)15-10/h5,8H,2-4,6-7H2,1H3. The van der Waals surface area contributed by atoms with Gasteiger partial charge in [-0.2, -0.15) is 4.98 Å². The fraction of sp³-hybridized carbons (Fsp3) is 0.636. The molecule has 0 saturated carbocycles. The average molecular weight is 276 g/mol. The summed E-state index contributed by atoms with van der Waals surface area (Å²) >= 11 is 11.8. The van der Waals surface area contributed by atoms with E-state index in [2.05, 4.69) is 9.97 Å². The van der Waals surface area contributed by atoms with E-state index in [0.717, 1.165) is 26.2 Å². The highest BCUT2D eigenvalue weighted by Gasteiger charge is 2.18. The molecule has 1 unspecified atom stereocenters. The summed E-state index contributed by atoms with van der Waals surface area (Å²) in [6.07, 6.45) is 3.83. The van der Waals surface area contributed by atoms with Crippen LogP contribution in [0.2, 0.25) is 10.3 Å². The predicted octanol–water partition coefficient (Wildman–Crippen LogP) is 2.65. The number of aromatic nitrogens is 2. The lowest BCUT2D eigenvalue weighted by Crippen LogP contribution is -2.31. The summed E-state index contributed by atoms with van der Waals surface area (Å²) in [6.45, 7) is 2.55. The molecule has 1 aliphatic rings. The molecule has 1 fully saturated rings. The first-order chi connectivity index (χ1) is 8.16. The first-order valence-electron chi connectivity index (χ1n) is 5.63. The van der Waals surface area contributed by atoms with Crippen LogP contribution in [0.3, 0.4) is 0 Å². The molecule has 1 saturated heterocycles. The molecule has 1 aliphatic heterocycles. The molecule has 17 heavy (non-hydrogen) atoms. The van der Waals surface area contributed by atoms with Crippen LogP contribution in [0.5, 0.6) is 0 Å². The van der Waals surface area contributed by atoms with Gasteiger partial charge in [0.1, 0.15) is 5.02 Å². The summed E-state index contributed by atoms with van der Waals surface area (Å²) in [7, 11) is 1.96. The molecule has 0 radical (unpaired) electrons.